The molecule has 0 spiro atoms. The van der Waals surface area contributed by atoms with Gasteiger partial charge in [-0.3, -0.25) is 9.36 Å². The molecule has 2 heterocycles. The van der Waals surface area contributed by atoms with Crippen LogP contribution in [0.5, 0.6) is 0 Å². The molecule has 0 fully saturated rings. The Morgan fingerprint density at radius 2 is 2.32 bits per heavy atom. The van der Waals surface area contributed by atoms with Crippen molar-refractivity contribution < 1.29 is 14.3 Å². The summed E-state index contributed by atoms with van der Waals surface area (Å²) < 4.78 is 7.67. The van der Waals surface area contributed by atoms with Crippen molar-refractivity contribution >= 4 is 33.7 Å². The highest BCUT2D eigenvalue weighted by atomic mass is 79.9. The zero-order chi connectivity index (χ0) is 14.0. The number of furan rings is 1. The summed E-state index contributed by atoms with van der Waals surface area (Å²) in [5.41, 5.74) is 0.795. The van der Waals surface area contributed by atoms with E-state index in [-0.39, 0.29) is 11.8 Å². The lowest BCUT2D eigenvalue weighted by Crippen LogP contribution is -2.06. The van der Waals surface area contributed by atoms with Gasteiger partial charge in [-0.15, -0.1) is 10.2 Å². The van der Waals surface area contributed by atoms with Crippen molar-refractivity contribution in [2.24, 2.45) is 0 Å². The van der Waals surface area contributed by atoms with Crippen molar-refractivity contribution in [3.8, 4) is 11.4 Å². The van der Waals surface area contributed by atoms with Crippen molar-refractivity contribution in [3.05, 3.63) is 17.0 Å². The van der Waals surface area contributed by atoms with E-state index in [4.69, 9.17) is 9.52 Å². The van der Waals surface area contributed by atoms with E-state index >= 15 is 0 Å². The molecule has 0 unspecified atom stereocenters. The van der Waals surface area contributed by atoms with E-state index < -0.39 is 5.97 Å². The molecule has 102 valence electrons. The minimum Gasteiger partial charge on any atom is -0.481 e. The number of carboxylic acid groups (broad SMARTS) is 1. The Labute approximate surface area is 122 Å². The second kappa shape index (κ2) is 5.79. The fraction of sp³-hybridized carbons (Fsp3) is 0.364. The number of hydrogen-bond donors (Lipinski definition) is 1. The number of halogens is 1. The summed E-state index contributed by atoms with van der Waals surface area (Å²) in [7, 11) is 0. The van der Waals surface area contributed by atoms with Gasteiger partial charge >= 0.3 is 5.97 Å². The summed E-state index contributed by atoms with van der Waals surface area (Å²) in [6.45, 7) is 3.98. The highest BCUT2D eigenvalue weighted by molar-refractivity contribution is 9.10. The van der Waals surface area contributed by atoms with E-state index in [1.165, 1.54) is 0 Å². The first-order valence-corrected chi connectivity index (χ1v) is 7.31. The van der Waals surface area contributed by atoms with E-state index in [0.29, 0.717) is 15.7 Å². The number of hydrogen-bond acceptors (Lipinski definition) is 5. The Bertz CT molecular complexity index is 594. The minimum atomic E-state index is -0.880. The van der Waals surface area contributed by atoms with Gasteiger partial charge in [0.2, 0.25) is 0 Å². The van der Waals surface area contributed by atoms with Gasteiger partial charge in [0.05, 0.1) is 17.6 Å². The molecule has 0 atom stereocenters. The molecule has 0 aliphatic rings. The number of aromatic nitrogens is 3. The van der Waals surface area contributed by atoms with Crippen LogP contribution in [0.2, 0.25) is 0 Å². The van der Waals surface area contributed by atoms with Gasteiger partial charge in [0.1, 0.15) is 0 Å². The lowest BCUT2D eigenvalue weighted by Gasteiger charge is -2.12. The quantitative estimate of drug-likeness (QED) is 0.838. The molecular weight excluding hydrogens is 334 g/mol. The van der Waals surface area contributed by atoms with Crippen LogP contribution >= 0.6 is 27.7 Å². The van der Waals surface area contributed by atoms with Gasteiger partial charge in [-0.05, 0) is 35.8 Å². The minimum absolute atomic E-state index is 0.0442. The summed E-state index contributed by atoms with van der Waals surface area (Å²) in [4.78, 5) is 10.6. The van der Waals surface area contributed by atoms with Gasteiger partial charge in [-0.2, -0.15) is 0 Å². The third-order valence-electron chi connectivity index (χ3n) is 2.36. The summed E-state index contributed by atoms with van der Waals surface area (Å²) >= 11 is 4.46. The number of aliphatic carboxylic acids is 1. The number of thioether (sulfide) groups is 1. The van der Waals surface area contributed by atoms with Crippen LogP contribution in [0.1, 0.15) is 19.9 Å². The SMILES string of the molecule is CC(C)n1c(SCC(=O)O)nnc1-c1ccoc1Br. The van der Waals surface area contributed by atoms with Crippen molar-refractivity contribution in [1.29, 1.82) is 0 Å². The molecule has 0 bridgehead atoms. The Hall–Kier alpha value is -1.28. The lowest BCUT2D eigenvalue weighted by atomic mass is 10.3. The average molecular weight is 346 g/mol. The number of carboxylic acids is 1. The topological polar surface area (TPSA) is 81.2 Å². The smallest absolute Gasteiger partial charge is 0.313 e. The van der Waals surface area contributed by atoms with E-state index in [0.717, 1.165) is 17.3 Å². The largest absolute Gasteiger partial charge is 0.481 e. The van der Waals surface area contributed by atoms with Crippen molar-refractivity contribution in [1.82, 2.24) is 14.8 Å². The Morgan fingerprint density at radius 3 is 2.84 bits per heavy atom. The predicted octanol–water partition coefficient (Wildman–Crippen LogP) is 3.06. The summed E-state index contributed by atoms with van der Waals surface area (Å²) in [5, 5.41) is 17.5. The van der Waals surface area contributed by atoms with Crippen LogP contribution in [-0.2, 0) is 4.79 Å². The predicted molar refractivity (Wildman–Crippen MR) is 74.2 cm³/mol. The molecule has 2 rings (SSSR count). The van der Waals surface area contributed by atoms with Gasteiger partial charge in [0.15, 0.2) is 15.7 Å². The molecule has 0 radical (unpaired) electrons. The molecule has 2 aromatic rings. The third-order valence-corrected chi connectivity index (χ3v) is 3.91. The standard InChI is InChI=1S/C11H12BrN3O3S/c1-6(2)15-10(7-3-4-18-9(7)12)13-14-11(15)19-5-8(16)17/h3-4,6H,5H2,1-2H3,(H,16,17). The van der Waals surface area contributed by atoms with E-state index in [9.17, 15) is 4.79 Å². The van der Waals surface area contributed by atoms with Gasteiger partial charge < -0.3 is 9.52 Å². The Balaban J connectivity index is 2.40. The van der Waals surface area contributed by atoms with E-state index in [1.807, 2.05) is 18.4 Å². The third kappa shape index (κ3) is 3.01. The molecule has 0 aliphatic heterocycles. The summed E-state index contributed by atoms with van der Waals surface area (Å²) in [5.74, 6) is -0.268. The highest BCUT2D eigenvalue weighted by Gasteiger charge is 2.20. The zero-order valence-corrected chi connectivity index (χ0v) is 12.7. The molecule has 6 nitrogen and oxygen atoms in total. The monoisotopic (exact) mass is 345 g/mol. The maximum Gasteiger partial charge on any atom is 0.313 e. The first-order valence-electron chi connectivity index (χ1n) is 5.53. The van der Waals surface area contributed by atoms with Crippen LogP contribution in [0.3, 0.4) is 0 Å². The highest BCUT2D eigenvalue weighted by Crippen LogP contribution is 2.32. The second-order valence-corrected chi connectivity index (χ2v) is 5.72. The zero-order valence-electron chi connectivity index (χ0n) is 10.3. The molecule has 0 aromatic carbocycles. The molecule has 0 saturated carbocycles. The first kappa shape index (κ1) is 14.1. The van der Waals surface area contributed by atoms with Crippen LogP contribution in [-0.4, -0.2) is 31.6 Å². The molecule has 0 aliphatic carbocycles. The maximum atomic E-state index is 10.6. The van der Waals surface area contributed by atoms with Crippen LogP contribution in [0.25, 0.3) is 11.4 Å². The molecule has 1 N–H and O–H groups in total. The molecule has 2 aromatic heterocycles. The van der Waals surface area contributed by atoms with Crippen LogP contribution < -0.4 is 0 Å². The second-order valence-electron chi connectivity index (χ2n) is 4.06. The van der Waals surface area contributed by atoms with Gasteiger partial charge in [0.25, 0.3) is 0 Å². The fourth-order valence-corrected chi connectivity index (χ4v) is 2.81. The van der Waals surface area contributed by atoms with E-state index in [2.05, 4.69) is 26.1 Å². The fourth-order valence-electron chi connectivity index (χ4n) is 1.60. The number of carbonyl (C=O) groups is 1. The number of nitrogens with zero attached hydrogens (tertiary/aromatic N) is 3. The molecule has 19 heavy (non-hydrogen) atoms. The van der Waals surface area contributed by atoms with Crippen molar-refractivity contribution in [3.63, 3.8) is 0 Å². The van der Waals surface area contributed by atoms with Gasteiger partial charge in [-0.25, -0.2) is 0 Å². The Kier molecular flexibility index (Phi) is 4.31. The molecule has 0 amide bonds. The molecule has 8 heteroatoms. The van der Waals surface area contributed by atoms with Gasteiger partial charge in [-0.1, -0.05) is 11.8 Å². The van der Waals surface area contributed by atoms with Crippen LogP contribution in [0.4, 0.5) is 0 Å². The van der Waals surface area contributed by atoms with Crippen molar-refractivity contribution in [2.75, 3.05) is 5.75 Å². The molecular formula is C11H12BrN3O3S. The molecule has 0 saturated heterocycles. The van der Waals surface area contributed by atoms with E-state index in [1.54, 1.807) is 12.3 Å². The summed E-state index contributed by atoms with van der Waals surface area (Å²) in [6.07, 6.45) is 1.56. The van der Waals surface area contributed by atoms with Crippen molar-refractivity contribution in [2.45, 2.75) is 25.0 Å². The Morgan fingerprint density at radius 1 is 1.58 bits per heavy atom. The lowest BCUT2D eigenvalue weighted by molar-refractivity contribution is -0.133. The number of rotatable bonds is 5. The summed E-state index contributed by atoms with van der Waals surface area (Å²) in [6, 6.07) is 1.90. The average Bonchev–Trinajstić information content (AvgIpc) is 2.91. The first-order chi connectivity index (χ1) is 9.00. The maximum absolute atomic E-state index is 10.6. The van der Waals surface area contributed by atoms with Crippen LogP contribution in [0.15, 0.2) is 26.6 Å². The van der Waals surface area contributed by atoms with Crippen LogP contribution in [0, 0.1) is 0 Å². The normalized spacial score (nSPS) is 11.2. The van der Waals surface area contributed by atoms with Gasteiger partial charge in [0, 0.05) is 6.04 Å².